The predicted octanol–water partition coefficient (Wildman–Crippen LogP) is 1.77. The second-order valence-electron chi connectivity index (χ2n) is 2.32. The number of amides is 1. The monoisotopic (exact) mass is 261 g/mol. The van der Waals surface area contributed by atoms with Crippen LogP contribution >= 0.6 is 27.5 Å². The minimum Gasteiger partial charge on any atom is -0.363 e. The Morgan fingerprint density at radius 3 is 2.54 bits per heavy atom. The lowest BCUT2D eigenvalue weighted by Crippen LogP contribution is -2.23. The van der Waals surface area contributed by atoms with Crippen molar-refractivity contribution in [2.24, 2.45) is 5.73 Å². The van der Waals surface area contributed by atoms with Crippen LogP contribution < -0.4 is 5.73 Å². The van der Waals surface area contributed by atoms with Gasteiger partial charge in [-0.25, -0.2) is 0 Å². The average Bonchev–Trinajstić information content (AvgIpc) is 2.08. The molecule has 0 saturated carbocycles. The summed E-state index contributed by atoms with van der Waals surface area (Å²) in [5.74, 6) is -1.75. The lowest BCUT2D eigenvalue weighted by atomic mass is 10.1. The summed E-state index contributed by atoms with van der Waals surface area (Å²) in [6.45, 7) is 0. The van der Waals surface area contributed by atoms with Crippen molar-refractivity contribution in [1.82, 2.24) is 0 Å². The fraction of sp³-hybridized carbons (Fsp3) is 0. The summed E-state index contributed by atoms with van der Waals surface area (Å²) in [6, 6.07) is 4.57. The molecule has 0 heterocycles. The molecule has 0 aromatic heterocycles. The SMILES string of the molecule is NC(=O)C(=O)c1cc(Cl)ccc1Br. The molecular weight excluding hydrogens is 257 g/mol. The summed E-state index contributed by atoms with van der Waals surface area (Å²) in [4.78, 5) is 21.7. The van der Waals surface area contributed by atoms with E-state index < -0.39 is 11.7 Å². The first kappa shape index (κ1) is 10.2. The Balaban J connectivity index is 3.21. The number of benzene rings is 1. The second kappa shape index (κ2) is 3.89. The highest BCUT2D eigenvalue weighted by atomic mass is 79.9. The van der Waals surface area contributed by atoms with Crippen molar-refractivity contribution >= 4 is 39.2 Å². The third-order valence-electron chi connectivity index (χ3n) is 1.40. The third-order valence-corrected chi connectivity index (χ3v) is 2.32. The lowest BCUT2D eigenvalue weighted by Gasteiger charge is -2.00. The number of ketones is 1. The van der Waals surface area contributed by atoms with Gasteiger partial charge in [0.05, 0.1) is 0 Å². The zero-order valence-corrected chi connectivity index (χ0v) is 8.72. The van der Waals surface area contributed by atoms with E-state index in [4.69, 9.17) is 17.3 Å². The van der Waals surface area contributed by atoms with Crippen LogP contribution in [0, 0.1) is 0 Å². The van der Waals surface area contributed by atoms with Crippen molar-refractivity contribution in [3.05, 3.63) is 33.3 Å². The van der Waals surface area contributed by atoms with Crippen molar-refractivity contribution in [2.45, 2.75) is 0 Å². The van der Waals surface area contributed by atoms with Crippen LogP contribution in [0.25, 0.3) is 0 Å². The topological polar surface area (TPSA) is 60.2 Å². The molecule has 0 spiro atoms. The minimum absolute atomic E-state index is 0.181. The van der Waals surface area contributed by atoms with Gasteiger partial charge in [0.15, 0.2) is 0 Å². The first-order chi connectivity index (χ1) is 6.02. The number of rotatable bonds is 2. The molecule has 0 aliphatic rings. The van der Waals surface area contributed by atoms with Crippen LogP contribution in [0.3, 0.4) is 0 Å². The molecule has 1 aromatic carbocycles. The van der Waals surface area contributed by atoms with Crippen LogP contribution in [-0.2, 0) is 4.79 Å². The Morgan fingerprint density at radius 1 is 1.38 bits per heavy atom. The molecule has 0 aliphatic heterocycles. The molecule has 68 valence electrons. The van der Waals surface area contributed by atoms with Gasteiger partial charge >= 0.3 is 0 Å². The standard InChI is InChI=1S/C8H5BrClNO2/c9-6-2-1-4(10)3-5(6)7(12)8(11)13/h1-3H,(H2,11,13). The molecular formula is C8H5BrClNO2. The van der Waals surface area contributed by atoms with Crippen LogP contribution in [0.1, 0.15) is 10.4 Å². The number of hydrogen-bond acceptors (Lipinski definition) is 2. The quantitative estimate of drug-likeness (QED) is 0.652. The van der Waals surface area contributed by atoms with Crippen molar-refractivity contribution in [2.75, 3.05) is 0 Å². The van der Waals surface area contributed by atoms with E-state index in [2.05, 4.69) is 15.9 Å². The number of hydrogen-bond donors (Lipinski definition) is 1. The molecule has 0 aliphatic carbocycles. The molecule has 0 fully saturated rings. The molecule has 1 rings (SSSR count). The predicted molar refractivity (Wildman–Crippen MR) is 52.7 cm³/mol. The number of nitrogens with two attached hydrogens (primary N) is 1. The smallest absolute Gasteiger partial charge is 0.289 e. The Morgan fingerprint density at radius 2 is 2.00 bits per heavy atom. The molecule has 0 atom stereocenters. The van der Waals surface area contributed by atoms with E-state index in [1.807, 2.05) is 0 Å². The van der Waals surface area contributed by atoms with Crippen molar-refractivity contribution in [1.29, 1.82) is 0 Å². The summed E-state index contributed by atoms with van der Waals surface area (Å²) in [6.07, 6.45) is 0. The number of carbonyl (C=O) groups excluding carboxylic acids is 2. The Kier molecular flexibility index (Phi) is 3.06. The molecule has 1 aromatic rings. The maximum Gasteiger partial charge on any atom is 0.289 e. The van der Waals surface area contributed by atoms with Crippen LogP contribution in [0.5, 0.6) is 0 Å². The van der Waals surface area contributed by atoms with E-state index in [1.54, 1.807) is 12.1 Å². The fourth-order valence-corrected chi connectivity index (χ4v) is 1.40. The zero-order valence-electron chi connectivity index (χ0n) is 6.38. The van der Waals surface area contributed by atoms with E-state index in [1.165, 1.54) is 6.07 Å². The summed E-state index contributed by atoms with van der Waals surface area (Å²) in [5.41, 5.74) is 5.02. The molecule has 0 bridgehead atoms. The van der Waals surface area contributed by atoms with Gasteiger partial charge in [0, 0.05) is 15.1 Å². The highest BCUT2D eigenvalue weighted by Crippen LogP contribution is 2.21. The summed E-state index contributed by atoms with van der Waals surface area (Å²) in [7, 11) is 0. The van der Waals surface area contributed by atoms with Gasteiger partial charge in [-0.3, -0.25) is 9.59 Å². The van der Waals surface area contributed by atoms with Crippen molar-refractivity contribution in [3.63, 3.8) is 0 Å². The summed E-state index contributed by atoms with van der Waals surface area (Å²) in [5, 5.41) is 0.382. The molecule has 0 saturated heterocycles. The van der Waals surface area contributed by atoms with E-state index in [9.17, 15) is 9.59 Å². The van der Waals surface area contributed by atoms with E-state index >= 15 is 0 Å². The number of Topliss-reactive ketones (excluding diaryl/α,β-unsaturated/α-hetero) is 1. The molecule has 0 unspecified atom stereocenters. The number of primary amides is 1. The maximum absolute atomic E-state index is 11.2. The Bertz CT molecular complexity index is 378. The number of carbonyl (C=O) groups is 2. The Labute approximate surface area is 88.0 Å². The molecule has 2 N–H and O–H groups in total. The van der Waals surface area contributed by atoms with Gasteiger partial charge in [0.2, 0.25) is 0 Å². The van der Waals surface area contributed by atoms with Crippen molar-refractivity contribution < 1.29 is 9.59 Å². The largest absolute Gasteiger partial charge is 0.363 e. The highest BCUT2D eigenvalue weighted by molar-refractivity contribution is 9.10. The molecule has 3 nitrogen and oxygen atoms in total. The van der Waals surface area contributed by atoms with E-state index in [0.29, 0.717) is 9.50 Å². The normalized spacial score (nSPS) is 9.69. The van der Waals surface area contributed by atoms with Crippen LogP contribution in [0.2, 0.25) is 5.02 Å². The molecule has 5 heteroatoms. The second-order valence-corrected chi connectivity index (χ2v) is 3.61. The Hall–Kier alpha value is -0.870. The maximum atomic E-state index is 11.2. The minimum atomic E-state index is -0.997. The first-order valence-electron chi connectivity index (χ1n) is 3.31. The fourth-order valence-electron chi connectivity index (χ4n) is 0.804. The molecule has 1 amide bonds. The van der Waals surface area contributed by atoms with Crippen LogP contribution in [0.15, 0.2) is 22.7 Å². The summed E-state index contributed by atoms with van der Waals surface area (Å²) >= 11 is 8.75. The highest BCUT2D eigenvalue weighted by Gasteiger charge is 2.15. The van der Waals surface area contributed by atoms with Gasteiger partial charge in [0.1, 0.15) is 0 Å². The van der Waals surface area contributed by atoms with Crippen LogP contribution in [0.4, 0.5) is 0 Å². The van der Waals surface area contributed by atoms with Gasteiger partial charge < -0.3 is 5.73 Å². The van der Waals surface area contributed by atoms with Gasteiger partial charge in [-0.15, -0.1) is 0 Å². The van der Waals surface area contributed by atoms with Gasteiger partial charge in [0.25, 0.3) is 11.7 Å². The lowest BCUT2D eigenvalue weighted by molar-refractivity contribution is -0.114. The van der Waals surface area contributed by atoms with E-state index in [-0.39, 0.29) is 5.56 Å². The van der Waals surface area contributed by atoms with Gasteiger partial charge in [-0.1, -0.05) is 27.5 Å². The molecule has 0 radical (unpaired) electrons. The third kappa shape index (κ3) is 2.29. The number of halogens is 2. The molecule has 13 heavy (non-hydrogen) atoms. The van der Waals surface area contributed by atoms with Crippen LogP contribution in [-0.4, -0.2) is 11.7 Å². The van der Waals surface area contributed by atoms with E-state index in [0.717, 1.165) is 0 Å². The first-order valence-corrected chi connectivity index (χ1v) is 4.48. The van der Waals surface area contributed by atoms with Crippen molar-refractivity contribution in [3.8, 4) is 0 Å². The zero-order chi connectivity index (χ0) is 10.0. The summed E-state index contributed by atoms with van der Waals surface area (Å²) < 4.78 is 0.501. The van der Waals surface area contributed by atoms with Gasteiger partial charge in [-0.05, 0) is 18.2 Å². The van der Waals surface area contributed by atoms with Gasteiger partial charge in [-0.2, -0.15) is 0 Å². The average molecular weight is 262 g/mol.